The number of ether oxygens (including phenoxy) is 2. The van der Waals surface area contributed by atoms with Crippen molar-refractivity contribution in [2.24, 2.45) is 28.7 Å². The number of methoxy groups -OCH3 is 1. The topological polar surface area (TPSA) is 298 Å². The maximum absolute atomic E-state index is 11.6. The monoisotopic (exact) mass is 1070 g/mol. The van der Waals surface area contributed by atoms with E-state index in [4.69, 9.17) is 33.4 Å². The van der Waals surface area contributed by atoms with Crippen molar-refractivity contribution in [2.75, 3.05) is 140 Å². The summed E-state index contributed by atoms with van der Waals surface area (Å²) in [4.78, 5) is 67.2. The molecule has 21 nitrogen and oxygen atoms in total. The summed E-state index contributed by atoms with van der Waals surface area (Å²) < 4.78 is 9.81. The zero-order chi connectivity index (χ0) is 57.3. The van der Waals surface area contributed by atoms with Crippen LogP contribution in [0.15, 0.2) is 91.0 Å². The average molecular weight is 1070 g/mol. The number of nitrogens with two attached hydrogens (primary N) is 5. The van der Waals surface area contributed by atoms with E-state index in [0.717, 1.165) is 76.1 Å². The predicted octanol–water partition coefficient (Wildman–Crippen LogP) is 1.15. The highest BCUT2D eigenvalue weighted by Crippen LogP contribution is 2.15. The molecule has 3 aromatic carbocycles. The summed E-state index contributed by atoms with van der Waals surface area (Å²) in [5, 5.41) is 10.7. The minimum absolute atomic E-state index is 0.0607. The first-order chi connectivity index (χ1) is 36.4. The lowest BCUT2D eigenvalue weighted by molar-refractivity contribution is -0.142. The van der Waals surface area contributed by atoms with Gasteiger partial charge in [-0.3, -0.25) is 28.9 Å². The first kappa shape index (κ1) is 70.1. The van der Waals surface area contributed by atoms with Gasteiger partial charge >= 0.3 is 5.97 Å². The number of nitrogens with zero attached hydrogens (tertiary/aromatic N) is 5. The Kier molecular flexibility index (Phi) is 39.9. The van der Waals surface area contributed by atoms with E-state index in [9.17, 15) is 24.0 Å². The van der Waals surface area contributed by atoms with Gasteiger partial charge < -0.3 is 79.0 Å². The molecule has 21 heteroatoms. The van der Waals surface area contributed by atoms with Crippen LogP contribution < -0.4 is 64.6 Å². The SMILES string of the molecule is CCN(C[C@H](N)C(=O)NC)c1ccccc1.CCN(C[C@H](N)C(=O)OC)c1ccccc1.CCNC(=O)[C@@H](N)CN(CC)CC.CCNC(=O)[C@@H](N)CN(CC)c1ccccc1.CCNC(=O)[C@@H](N)CN1CCOCC1. The van der Waals surface area contributed by atoms with Crippen LogP contribution in [0.3, 0.4) is 0 Å². The number of nitrogens with one attached hydrogen (secondary N) is 4. The van der Waals surface area contributed by atoms with Gasteiger partial charge in [-0.15, -0.1) is 0 Å². The summed E-state index contributed by atoms with van der Waals surface area (Å²) in [7, 11) is 2.95. The molecule has 430 valence electrons. The molecule has 76 heavy (non-hydrogen) atoms. The van der Waals surface area contributed by atoms with E-state index in [-0.39, 0.29) is 29.6 Å². The lowest BCUT2D eigenvalue weighted by Gasteiger charge is -2.28. The minimum atomic E-state index is -0.606. The van der Waals surface area contributed by atoms with E-state index in [1.807, 2.05) is 131 Å². The molecule has 0 bridgehead atoms. The summed E-state index contributed by atoms with van der Waals surface area (Å²) in [6.07, 6.45) is 0. The maximum Gasteiger partial charge on any atom is 0.324 e. The number of para-hydroxylation sites is 3. The zero-order valence-corrected chi connectivity index (χ0v) is 47.5. The third kappa shape index (κ3) is 30.0. The van der Waals surface area contributed by atoms with Crippen LogP contribution in [0.25, 0.3) is 0 Å². The van der Waals surface area contributed by atoms with Crippen molar-refractivity contribution in [3.8, 4) is 0 Å². The van der Waals surface area contributed by atoms with E-state index < -0.39 is 30.2 Å². The molecule has 4 rings (SSSR count). The van der Waals surface area contributed by atoms with Crippen molar-refractivity contribution >= 4 is 46.7 Å². The van der Waals surface area contributed by atoms with Crippen molar-refractivity contribution in [2.45, 2.75) is 85.6 Å². The normalized spacial score (nSPS) is 13.7. The number of hydrogen-bond donors (Lipinski definition) is 9. The first-order valence-electron chi connectivity index (χ1n) is 26.8. The molecule has 0 unspecified atom stereocenters. The van der Waals surface area contributed by atoms with Crippen molar-refractivity contribution < 1.29 is 33.4 Å². The fraction of sp³-hybridized carbons (Fsp3) is 0.582. The second-order valence-corrected chi connectivity index (χ2v) is 17.4. The van der Waals surface area contributed by atoms with Gasteiger partial charge in [0.15, 0.2) is 0 Å². The predicted molar refractivity (Wildman–Crippen MR) is 310 cm³/mol. The fourth-order valence-electron chi connectivity index (χ4n) is 7.36. The van der Waals surface area contributed by atoms with Crippen LogP contribution in [0.1, 0.15) is 55.4 Å². The summed E-state index contributed by atoms with van der Waals surface area (Å²) in [6.45, 7) is 28.1. The standard InChI is InChI=1S/C13H21N3O.C12H19N3O.C12H18N2O2.C9H19N3O2.C9H21N3O/c1-3-15-13(17)12(14)10-16(4-2)11-8-6-5-7-9-11;1-3-15(9-11(13)12(16)14-2)10-7-5-4-6-8-10;1-3-14(9-11(13)12(15)16-2)10-7-5-4-6-8-10;1-2-11-9(13)8(10)7-12-3-5-14-6-4-12;1-4-11-9(13)8(10)7-12(5-2)6-3/h5-9,12H,3-4,10,14H2,1-2H3,(H,15,17);4-8,11H,3,9,13H2,1-2H3,(H,14,16);4-8,11H,3,9,13H2,1-2H3;8H,2-7,10H2,1H3,(H,11,13);8H,4-7,10H2,1-3H3,(H,11,13)/t12-;2*11-;2*8-/m00000/s1. The Morgan fingerprint density at radius 2 is 0.829 bits per heavy atom. The Morgan fingerprint density at radius 1 is 0.500 bits per heavy atom. The molecule has 1 aliphatic rings. The van der Waals surface area contributed by atoms with Crippen LogP contribution in [0.5, 0.6) is 0 Å². The number of morpholine rings is 1. The Balaban J connectivity index is 0.000000928. The lowest BCUT2D eigenvalue weighted by atomic mass is 10.2. The number of carbonyl (C=O) groups excluding carboxylic acids is 5. The van der Waals surface area contributed by atoms with Gasteiger partial charge in [-0.2, -0.15) is 0 Å². The molecule has 14 N–H and O–H groups in total. The Hall–Kier alpha value is -5.91. The second kappa shape index (κ2) is 43.2. The maximum atomic E-state index is 11.6. The van der Waals surface area contributed by atoms with Gasteiger partial charge in [0.25, 0.3) is 0 Å². The minimum Gasteiger partial charge on any atom is -0.468 e. The van der Waals surface area contributed by atoms with Gasteiger partial charge in [0, 0.05) is 109 Å². The highest BCUT2D eigenvalue weighted by Gasteiger charge is 2.21. The van der Waals surface area contributed by atoms with E-state index in [2.05, 4.69) is 66.4 Å². The smallest absolute Gasteiger partial charge is 0.324 e. The third-order valence-corrected chi connectivity index (χ3v) is 11.8. The summed E-state index contributed by atoms with van der Waals surface area (Å²) in [5.74, 6) is -0.737. The number of benzene rings is 3. The highest BCUT2D eigenvalue weighted by atomic mass is 16.5. The number of anilines is 3. The van der Waals surface area contributed by atoms with E-state index >= 15 is 0 Å². The molecule has 0 radical (unpaired) electrons. The quantitative estimate of drug-likeness (QED) is 0.0510. The van der Waals surface area contributed by atoms with Crippen molar-refractivity contribution in [3.63, 3.8) is 0 Å². The number of likely N-dealkylation sites (N-methyl/N-ethyl adjacent to an activating group) is 8. The molecule has 0 saturated carbocycles. The molecular formula is C55H98N14O7. The van der Waals surface area contributed by atoms with Crippen LogP contribution in [-0.4, -0.2) is 195 Å². The largest absolute Gasteiger partial charge is 0.468 e. The average Bonchev–Trinajstić information content (AvgIpc) is 3.45. The summed E-state index contributed by atoms with van der Waals surface area (Å²) in [5.41, 5.74) is 32.1. The number of carbonyl (C=O) groups is 5. The van der Waals surface area contributed by atoms with Crippen molar-refractivity contribution in [3.05, 3.63) is 91.0 Å². The molecule has 0 aromatic heterocycles. The molecule has 0 spiro atoms. The summed E-state index contributed by atoms with van der Waals surface area (Å²) >= 11 is 0. The van der Waals surface area contributed by atoms with Gasteiger partial charge in [0.05, 0.1) is 32.4 Å². The van der Waals surface area contributed by atoms with Crippen LogP contribution in [-0.2, 0) is 33.4 Å². The number of hydrogen-bond acceptors (Lipinski definition) is 17. The molecule has 5 atom stereocenters. The van der Waals surface area contributed by atoms with Gasteiger partial charge in [-0.1, -0.05) is 68.4 Å². The molecule has 0 aliphatic carbocycles. The Bertz CT molecular complexity index is 1880. The molecule has 4 amide bonds. The summed E-state index contributed by atoms with van der Waals surface area (Å²) in [6, 6.07) is 27.4. The van der Waals surface area contributed by atoms with Crippen LogP contribution in [0, 0.1) is 0 Å². The molecule has 1 fully saturated rings. The van der Waals surface area contributed by atoms with Crippen LogP contribution in [0.4, 0.5) is 17.1 Å². The lowest BCUT2D eigenvalue weighted by Crippen LogP contribution is -2.50. The third-order valence-electron chi connectivity index (χ3n) is 11.8. The Labute approximate surface area is 455 Å². The molecule has 1 aliphatic heterocycles. The van der Waals surface area contributed by atoms with Gasteiger partial charge in [-0.25, -0.2) is 0 Å². The second-order valence-electron chi connectivity index (χ2n) is 17.4. The van der Waals surface area contributed by atoms with Gasteiger partial charge in [0.2, 0.25) is 23.6 Å². The van der Waals surface area contributed by atoms with Crippen LogP contribution in [0.2, 0.25) is 0 Å². The zero-order valence-electron chi connectivity index (χ0n) is 47.5. The number of amides is 4. The van der Waals surface area contributed by atoms with Crippen molar-refractivity contribution in [1.82, 2.24) is 31.1 Å². The molecular weight excluding hydrogens is 969 g/mol. The van der Waals surface area contributed by atoms with Gasteiger partial charge in [0.1, 0.15) is 18.1 Å². The van der Waals surface area contributed by atoms with Crippen molar-refractivity contribution in [1.29, 1.82) is 0 Å². The first-order valence-corrected chi connectivity index (χ1v) is 26.8. The number of rotatable bonds is 26. The van der Waals surface area contributed by atoms with Gasteiger partial charge in [-0.05, 0) is 91.0 Å². The molecule has 1 saturated heterocycles. The van der Waals surface area contributed by atoms with E-state index in [1.54, 1.807) is 7.05 Å². The van der Waals surface area contributed by atoms with Crippen LogP contribution >= 0.6 is 0 Å². The van der Waals surface area contributed by atoms with E-state index in [1.165, 1.54) is 7.11 Å². The highest BCUT2D eigenvalue weighted by molar-refractivity contribution is 5.83. The fourth-order valence-corrected chi connectivity index (χ4v) is 7.36. The Morgan fingerprint density at radius 3 is 1.14 bits per heavy atom. The van der Waals surface area contributed by atoms with E-state index in [0.29, 0.717) is 52.4 Å². The molecule has 1 heterocycles. The molecule has 3 aromatic rings. The number of esters is 1.